The molecule has 2 heterocycles. The molecule has 3 atom stereocenters. The minimum Gasteiger partial charge on any atom is -0.481 e. The topological polar surface area (TPSA) is 93.5 Å². The van der Waals surface area contributed by atoms with Crippen molar-refractivity contribution in [1.29, 1.82) is 0 Å². The molecule has 1 aromatic carbocycles. The lowest BCUT2D eigenvalue weighted by atomic mass is 9.97. The first-order valence-corrected chi connectivity index (χ1v) is 12.5. The highest BCUT2D eigenvalue weighted by Crippen LogP contribution is 2.28. The molecule has 1 saturated heterocycles. The molecule has 0 saturated carbocycles. The molecule has 0 aliphatic carbocycles. The number of hydrogen-bond donors (Lipinski definition) is 2. The fraction of sp³-hybridized carbons (Fsp3) is 0.654. The van der Waals surface area contributed by atoms with Crippen molar-refractivity contribution in [3.05, 3.63) is 29.6 Å². The van der Waals surface area contributed by atoms with Gasteiger partial charge < -0.3 is 19.7 Å². The Balaban J connectivity index is 1.88. The molecule has 2 N–H and O–H groups in total. The van der Waals surface area contributed by atoms with Crippen LogP contribution in [0.5, 0.6) is 0 Å². The van der Waals surface area contributed by atoms with Gasteiger partial charge in [-0.25, -0.2) is 4.98 Å². The third kappa shape index (κ3) is 6.34. The zero-order valence-electron chi connectivity index (χ0n) is 20.5. The molecule has 1 aliphatic rings. The summed E-state index contributed by atoms with van der Waals surface area (Å²) >= 11 is 0. The number of fused-ring (bicyclic) bond motifs is 1. The first-order valence-electron chi connectivity index (χ1n) is 12.5. The van der Waals surface area contributed by atoms with Gasteiger partial charge in [0.1, 0.15) is 5.82 Å². The molecule has 1 aromatic heterocycles. The van der Waals surface area contributed by atoms with Crippen LogP contribution in [0.15, 0.2) is 18.2 Å². The van der Waals surface area contributed by atoms with E-state index in [9.17, 15) is 14.7 Å². The van der Waals surface area contributed by atoms with Gasteiger partial charge in [0.05, 0.1) is 23.6 Å². The monoisotopic (exact) mass is 457 g/mol. The van der Waals surface area contributed by atoms with Crippen LogP contribution in [0.25, 0.3) is 11.0 Å². The van der Waals surface area contributed by atoms with Gasteiger partial charge in [-0.2, -0.15) is 0 Å². The molecule has 1 aliphatic heterocycles. The van der Waals surface area contributed by atoms with E-state index in [0.29, 0.717) is 23.9 Å². The normalized spacial score (nSPS) is 18.0. The van der Waals surface area contributed by atoms with Crippen LogP contribution in [0.4, 0.5) is 0 Å². The zero-order chi connectivity index (χ0) is 24.0. The van der Waals surface area contributed by atoms with Crippen LogP contribution < -0.4 is 5.32 Å². The number of nitrogens with zero attached hydrogens (tertiary/aromatic N) is 2. The molecule has 1 amide bonds. The van der Waals surface area contributed by atoms with Crippen molar-refractivity contribution >= 4 is 22.9 Å². The van der Waals surface area contributed by atoms with E-state index in [0.717, 1.165) is 62.0 Å². The standard InChI is InChI=1S/C26H39N3O4/c1-5-17(4)13-19(15-25(30)31)27-26(32)18-10-11-23-22(14-18)28-24(16-21-9-8-12-33-21)29(23)20(6-2)7-3/h10-11,14,17,19-21H,5-9,12-13,15-16H2,1-4H3,(H,27,32)(H,30,31). The number of aliphatic carboxylic acids is 1. The number of ether oxygens (including phenoxy) is 1. The van der Waals surface area contributed by atoms with E-state index < -0.39 is 12.0 Å². The number of hydrogen-bond acceptors (Lipinski definition) is 4. The van der Waals surface area contributed by atoms with E-state index in [4.69, 9.17) is 9.72 Å². The molecular weight excluding hydrogens is 418 g/mol. The van der Waals surface area contributed by atoms with E-state index >= 15 is 0 Å². The fourth-order valence-corrected chi connectivity index (χ4v) is 4.83. The number of nitrogens with one attached hydrogen (secondary N) is 1. The van der Waals surface area contributed by atoms with Crippen LogP contribution in [0, 0.1) is 5.92 Å². The summed E-state index contributed by atoms with van der Waals surface area (Å²) < 4.78 is 8.20. The Kier molecular flexibility index (Phi) is 8.89. The largest absolute Gasteiger partial charge is 0.481 e. The number of carbonyl (C=O) groups excluding carboxylic acids is 1. The Hall–Kier alpha value is -2.41. The van der Waals surface area contributed by atoms with Crippen LogP contribution in [-0.4, -0.2) is 45.3 Å². The van der Waals surface area contributed by atoms with Crippen LogP contribution in [0.3, 0.4) is 0 Å². The number of carboxylic acids is 1. The Morgan fingerprint density at radius 2 is 2.00 bits per heavy atom. The van der Waals surface area contributed by atoms with Gasteiger partial charge in [-0.15, -0.1) is 0 Å². The van der Waals surface area contributed by atoms with Crippen molar-refractivity contribution < 1.29 is 19.4 Å². The van der Waals surface area contributed by atoms with Gasteiger partial charge in [0.15, 0.2) is 0 Å². The number of amides is 1. The van der Waals surface area contributed by atoms with Crippen LogP contribution in [0.2, 0.25) is 0 Å². The number of rotatable bonds is 12. The maximum absolute atomic E-state index is 13.0. The molecule has 0 spiro atoms. The molecule has 0 bridgehead atoms. The van der Waals surface area contributed by atoms with Crippen molar-refractivity contribution in [1.82, 2.24) is 14.9 Å². The average Bonchev–Trinajstić information content (AvgIpc) is 3.42. The van der Waals surface area contributed by atoms with E-state index in [1.54, 1.807) is 0 Å². The minimum atomic E-state index is -0.901. The fourth-order valence-electron chi connectivity index (χ4n) is 4.83. The molecule has 182 valence electrons. The predicted octanol–water partition coefficient (Wildman–Crippen LogP) is 5.13. The molecule has 7 nitrogen and oxygen atoms in total. The van der Waals surface area contributed by atoms with E-state index in [1.807, 2.05) is 18.2 Å². The molecule has 3 unspecified atom stereocenters. The lowest BCUT2D eigenvalue weighted by Crippen LogP contribution is -2.37. The highest BCUT2D eigenvalue weighted by Gasteiger charge is 2.24. The van der Waals surface area contributed by atoms with Crippen LogP contribution >= 0.6 is 0 Å². The molecular formula is C26H39N3O4. The molecule has 7 heteroatoms. The van der Waals surface area contributed by atoms with E-state index in [1.165, 1.54) is 0 Å². The van der Waals surface area contributed by atoms with Gasteiger partial charge in [-0.05, 0) is 56.2 Å². The van der Waals surface area contributed by atoms with Crippen molar-refractivity contribution in [2.24, 2.45) is 5.92 Å². The highest BCUT2D eigenvalue weighted by atomic mass is 16.5. The minimum absolute atomic E-state index is 0.0762. The Morgan fingerprint density at radius 1 is 1.24 bits per heavy atom. The maximum atomic E-state index is 13.0. The molecule has 33 heavy (non-hydrogen) atoms. The average molecular weight is 458 g/mol. The van der Waals surface area contributed by atoms with Crippen LogP contribution in [-0.2, 0) is 16.0 Å². The first kappa shape index (κ1) is 25.2. The summed E-state index contributed by atoms with van der Waals surface area (Å²) in [5.74, 6) is 0.211. The summed E-state index contributed by atoms with van der Waals surface area (Å²) in [5.41, 5.74) is 2.36. The van der Waals surface area contributed by atoms with Crippen molar-refractivity contribution in [2.45, 2.75) is 97.2 Å². The SMILES string of the molecule is CCC(C)CC(CC(=O)O)NC(=O)c1ccc2c(c1)nc(CC1CCCO1)n2C(CC)CC. The summed E-state index contributed by atoms with van der Waals surface area (Å²) in [7, 11) is 0. The smallest absolute Gasteiger partial charge is 0.305 e. The second kappa shape index (κ2) is 11.6. The lowest BCUT2D eigenvalue weighted by Gasteiger charge is -2.21. The summed E-state index contributed by atoms with van der Waals surface area (Å²) in [6.07, 6.45) is 6.66. The Bertz CT molecular complexity index is 944. The number of carboxylic acid groups (broad SMARTS) is 1. The predicted molar refractivity (Wildman–Crippen MR) is 130 cm³/mol. The summed E-state index contributed by atoms with van der Waals surface area (Å²) in [6.45, 7) is 9.35. The highest BCUT2D eigenvalue weighted by molar-refractivity contribution is 5.97. The molecule has 0 radical (unpaired) electrons. The summed E-state index contributed by atoms with van der Waals surface area (Å²) in [5, 5.41) is 12.2. The number of carbonyl (C=O) groups is 2. The number of benzene rings is 1. The second-order valence-corrected chi connectivity index (χ2v) is 9.43. The summed E-state index contributed by atoms with van der Waals surface area (Å²) in [6, 6.07) is 5.60. The van der Waals surface area contributed by atoms with Gasteiger partial charge >= 0.3 is 5.97 Å². The maximum Gasteiger partial charge on any atom is 0.305 e. The molecule has 2 aromatic rings. The molecule has 3 rings (SSSR count). The Morgan fingerprint density at radius 3 is 2.61 bits per heavy atom. The summed E-state index contributed by atoms with van der Waals surface area (Å²) in [4.78, 5) is 29.2. The van der Waals surface area contributed by atoms with Gasteiger partial charge in [0.2, 0.25) is 0 Å². The Labute approximate surface area is 196 Å². The van der Waals surface area contributed by atoms with Gasteiger partial charge in [-0.1, -0.05) is 34.1 Å². The zero-order valence-corrected chi connectivity index (χ0v) is 20.5. The number of imidazole rings is 1. The third-order valence-electron chi connectivity index (χ3n) is 6.91. The molecule has 1 fully saturated rings. The van der Waals surface area contributed by atoms with Gasteiger partial charge in [0, 0.05) is 30.7 Å². The van der Waals surface area contributed by atoms with Gasteiger partial charge in [0.25, 0.3) is 5.91 Å². The van der Waals surface area contributed by atoms with E-state index in [2.05, 4.69) is 37.6 Å². The third-order valence-corrected chi connectivity index (χ3v) is 6.91. The van der Waals surface area contributed by atoms with Crippen LogP contribution in [0.1, 0.15) is 94.9 Å². The van der Waals surface area contributed by atoms with Gasteiger partial charge in [-0.3, -0.25) is 9.59 Å². The number of aromatic nitrogens is 2. The quantitative estimate of drug-likeness (QED) is 0.461. The van der Waals surface area contributed by atoms with Crippen molar-refractivity contribution in [2.75, 3.05) is 6.61 Å². The first-order chi connectivity index (χ1) is 15.9. The van der Waals surface area contributed by atoms with Crippen molar-refractivity contribution in [3.63, 3.8) is 0 Å². The van der Waals surface area contributed by atoms with Crippen molar-refractivity contribution in [3.8, 4) is 0 Å². The van der Waals surface area contributed by atoms with E-state index in [-0.39, 0.29) is 18.4 Å². The lowest BCUT2D eigenvalue weighted by molar-refractivity contribution is -0.137. The second-order valence-electron chi connectivity index (χ2n) is 9.43.